The van der Waals surface area contributed by atoms with Crippen LogP contribution in [0.1, 0.15) is 26.2 Å². The van der Waals surface area contributed by atoms with Gasteiger partial charge in [-0.05, 0) is 18.6 Å². The molecule has 0 saturated heterocycles. The molecule has 0 radical (unpaired) electrons. The molecular formula is C14H20N2O3. The van der Waals surface area contributed by atoms with E-state index in [2.05, 4.69) is 12.2 Å². The van der Waals surface area contributed by atoms with E-state index in [1.807, 2.05) is 0 Å². The zero-order chi connectivity index (χ0) is 13.7. The summed E-state index contributed by atoms with van der Waals surface area (Å²) in [6.45, 7) is 3.15. The quantitative estimate of drug-likeness (QED) is 0.852. The van der Waals surface area contributed by atoms with Gasteiger partial charge < -0.3 is 20.5 Å². The van der Waals surface area contributed by atoms with E-state index >= 15 is 0 Å². The maximum atomic E-state index is 11.8. The van der Waals surface area contributed by atoms with Gasteiger partial charge in [-0.1, -0.05) is 13.3 Å². The Labute approximate surface area is 113 Å². The van der Waals surface area contributed by atoms with Gasteiger partial charge in [0.2, 0.25) is 5.91 Å². The Morgan fingerprint density at radius 1 is 1.37 bits per heavy atom. The van der Waals surface area contributed by atoms with Crippen LogP contribution in [0, 0.1) is 0 Å². The lowest BCUT2D eigenvalue weighted by atomic mass is 10.1. The molecule has 0 aliphatic carbocycles. The number of nitrogens with one attached hydrogen (secondary N) is 1. The van der Waals surface area contributed by atoms with Crippen LogP contribution in [0.3, 0.4) is 0 Å². The number of carbonyl (C=O) groups excluding carboxylic acids is 1. The Morgan fingerprint density at radius 3 is 2.84 bits per heavy atom. The van der Waals surface area contributed by atoms with Gasteiger partial charge in [-0.15, -0.1) is 0 Å². The normalized spacial score (nSPS) is 14.8. The van der Waals surface area contributed by atoms with E-state index in [0.29, 0.717) is 36.8 Å². The zero-order valence-corrected chi connectivity index (χ0v) is 11.1. The Morgan fingerprint density at radius 2 is 2.11 bits per heavy atom. The summed E-state index contributed by atoms with van der Waals surface area (Å²) in [5.41, 5.74) is 6.55. The number of nitrogens with two attached hydrogens (primary N) is 1. The summed E-state index contributed by atoms with van der Waals surface area (Å²) in [4.78, 5) is 11.8. The maximum Gasteiger partial charge on any atom is 0.225 e. The highest BCUT2D eigenvalue weighted by Gasteiger charge is 2.13. The first-order valence-corrected chi connectivity index (χ1v) is 6.64. The number of hydrogen-bond donors (Lipinski definition) is 2. The Kier molecular flexibility index (Phi) is 4.63. The van der Waals surface area contributed by atoms with Crippen molar-refractivity contribution in [2.45, 2.75) is 32.2 Å². The third-order valence-corrected chi connectivity index (χ3v) is 2.93. The highest BCUT2D eigenvalue weighted by Crippen LogP contribution is 2.32. The first kappa shape index (κ1) is 13.7. The highest BCUT2D eigenvalue weighted by molar-refractivity contribution is 5.91. The molecule has 5 heteroatoms. The van der Waals surface area contributed by atoms with Crippen molar-refractivity contribution in [2.24, 2.45) is 5.73 Å². The van der Waals surface area contributed by atoms with E-state index in [4.69, 9.17) is 15.2 Å². The second-order valence-electron chi connectivity index (χ2n) is 4.66. The Bertz CT molecular complexity index is 448. The predicted molar refractivity (Wildman–Crippen MR) is 73.6 cm³/mol. The van der Waals surface area contributed by atoms with Crippen LogP contribution in [0.15, 0.2) is 18.2 Å². The molecule has 1 aliphatic heterocycles. The van der Waals surface area contributed by atoms with Crippen molar-refractivity contribution in [2.75, 3.05) is 18.5 Å². The molecule has 1 amide bonds. The molecule has 3 N–H and O–H groups in total. The van der Waals surface area contributed by atoms with Gasteiger partial charge in [0, 0.05) is 24.2 Å². The summed E-state index contributed by atoms with van der Waals surface area (Å²) in [6.07, 6.45) is 2.18. The van der Waals surface area contributed by atoms with Crippen LogP contribution < -0.4 is 20.5 Å². The lowest BCUT2D eigenvalue weighted by Crippen LogP contribution is -2.26. The monoisotopic (exact) mass is 264 g/mol. The first-order valence-electron chi connectivity index (χ1n) is 6.64. The largest absolute Gasteiger partial charge is 0.486 e. The number of hydrogen-bond acceptors (Lipinski definition) is 4. The molecule has 0 fully saturated rings. The molecule has 1 aromatic carbocycles. The fourth-order valence-corrected chi connectivity index (χ4v) is 2.04. The number of ether oxygens (including phenoxy) is 2. The molecule has 0 bridgehead atoms. The summed E-state index contributed by atoms with van der Waals surface area (Å²) in [6, 6.07) is 5.30. The molecule has 5 nitrogen and oxygen atoms in total. The summed E-state index contributed by atoms with van der Waals surface area (Å²) in [7, 11) is 0. The van der Waals surface area contributed by atoms with Gasteiger partial charge in [-0.2, -0.15) is 0 Å². The van der Waals surface area contributed by atoms with Crippen LogP contribution in [-0.2, 0) is 4.79 Å². The van der Waals surface area contributed by atoms with Crippen molar-refractivity contribution >= 4 is 11.6 Å². The molecule has 0 saturated carbocycles. The third kappa shape index (κ3) is 3.86. The van der Waals surface area contributed by atoms with Gasteiger partial charge >= 0.3 is 0 Å². The number of carbonyl (C=O) groups is 1. The number of amides is 1. The zero-order valence-electron chi connectivity index (χ0n) is 11.1. The van der Waals surface area contributed by atoms with E-state index in [1.165, 1.54) is 0 Å². The van der Waals surface area contributed by atoms with Crippen molar-refractivity contribution in [1.29, 1.82) is 0 Å². The van der Waals surface area contributed by atoms with Crippen LogP contribution in [0.4, 0.5) is 5.69 Å². The fourth-order valence-electron chi connectivity index (χ4n) is 2.04. The fraction of sp³-hybridized carbons (Fsp3) is 0.500. The standard InChI is InChI=1S/C14H20N2O3/c1-2-3-10(15)8-14(17)16-11-4-5-12-13(9-11)19-7-6-18-12/h4-5,9-10H,2-3,6-8,15H2,1H3,(H,16,17). The first-order chi connectivity index (χ1) is 9.19. The molecule has 1 atom stereocenters. The number of benzene rings is 1. The Hall–Kier alpha value is -1.75. The highest BCUT2D eigenvalue weighted by atomic mass is 16.6. The van der Waals surface area contributed by atoms with Gasteiger partial charge in [0.15, 0.2) is 11.5 Å². The number of fused-ring (bicyclic) bond motifs is 1. The van der Waals surface area contributed by atoms with Crippen LogP contribution in [0.5, 0.6) is 11.5 Å². The molecule has 2 rings (SSSR count). The van der Waals surface area contributed by atoms with Crippen molar-refractivity contribution in [3.8, 4) is 11.5 Å². The topological polar surface area (TPSA) is 73.6 Å². The van der Waals surface area contributed by atoms with Crippen molar-refractivity contribution in [3.05, 3.63) is 18.2 Å². The minimum absolute atomic E-state index is 0.0716. The number of rotatable bonds is 5. The van der Waals surface area contributed by atoms with Gasteiger partial charge in [0.05, 0.1) is 0 Å². The van der Waals surface area contributed by atoms with Crippen molar-refractivity contribution in [1.82, 2.24) is 0 Å². The average molecular weight is 264 g/mol. The molecule has 0 aromatic heterocycles. The molecule has 19 heavy (non-hydrogen) atoms. The van der Waals surface area contributed by atoms with E-state index in [0.717, 1.165) is 12.8 Å². The molecule has 1 heterocycles. The van der Waals surface area contributed by atoms with Crippen LogP contribution in [0.2, 0.25) is 0 Å². The summed E-state index contributed by atoms with van der Waals surface area (Å²) >= 11 is 0. The van der Waals surface area contributed by atoms with E-state index < -0.39 is 0 Å². The summed E-state index contributed by atoms with van der Waals surface area (Å²) in [5, 5.41) is 2.83. The van der Waals surface area contributed by atoms with Crippen LogP contribution in [-0.4, -0.2) is 25.2 Å². The molecule has 1 unspecified atom stereocenters. The molecule has 0 spiro atoms. The lowest BCUT2D eigenvalue weighted by molar-refractivity contribution is -0.116. The molecule has 1 aliphatic rings. The van der Waals surface area contributed by atoms with Crippen molar-refractivity contribution < 1.29 is 14.3 Å². The lowest BCUT2D eigenvalue weighted by Gasteiger charge is -2.19. The molecular weight excluding hydrogens is 244 g/mol. The maximum absolute atomic E-state index is 11.8. The van der Waals surface area contributed by atoms with E-state index in [9.17, 15) is 4.79 Å². The van der Waals surface area contributed by atoms with Gasteiger partial charge in [0.25, 0.3) is 0 Å². The van der Waals surface area contributed by atoms with Crippen LogP contribution >= 0.6 is 0 Å². The van der Waals surface area contributed by atoms with Gasteiger partial charge in [-0.25, -0.2) is 0 Å². The minimum atomic E-state index is -0.0813. The smallest absolute Gasteiger partial charge is 0.225 e. The summed E-state index contributed by atoms with van der Waals surface area (Å²) in [5.74, 6) is 1.31. The third-order valence-electron chi connectivity index (χ3n) is 2.93. The van der Waals surface area contributed by atoms with Gasteiger partial charge in [-0.3, -0.25) is 4.79 Å². The van der Waals surface area contributed by atoms with Crippen molar-refractivity contribution in [3.63, 3.8) is 0 Å². The van der Waals surface area contributed by atoms with E-state index in [1.54, 1.807) is 18.2 Å². The minimum Gasteiger partial charge on any atom is -0.486 e. The van der Waals surface area contributed by atoms with Crippen LogP contribution in [0.25, 0.3) is 0 Å². The predicted octanol–water partition coefficient (Wildman–Crippen LogP) is 1.91. The molecule has 104 valence electrons. The second kappa shape index (κ2) is 6.43. The number of anilines is 1. The summed E-state index contributed by atoms with van der Waals surface area (Å²) < 4.78 is 10.9. The SMILES string of the molecule is CCCC(N)CC(=O)Nc1ccc2c(c1)OCCO2. The average Bonchev–Trinajstić information content (AvgIpc) is 2.38. The second-order valence-corrected chi connectivity index (χ2v) is 4.66. The Balaban J connectivity index is 1.93. The van der Waals surface area contributed by atoms with Gasteiger partial charge in [0.1, 0.15) is 13.2 Å². The molecule has 1 aromatic rings. The van der Waals surface area contributed by atoms with E-state index in [-0.39, 0.29) is 11.9 Å².